The average molecular weight is 283 g/mol. The van der Waals surface area contributed by atoms with Gasteiger partial charge in [-0.3, -0.25) is 9.71 Å². The van der Waals surface area contributed by atoms with Crippen LogP contribution < -0.4 is 14.8 Å². The molecule has 1 heterocycles. The first-order valence-corrected chi connectivity index (χ1v) is 7.81. The summed E-state index contributed by atoms with van der Waals surface area (Å²) in [5, 5.41) is 3.11. The predicted octanol–water partition coefficient (Wildman–Crippen LogP) is 0.747. The molecule has 0 aromatic heterocycles. The Bertz CT molecular complexity index is 596. The van der Waals surface area contributed by atoms with Crippen LogP contribution in [-0.4, -0.2) is 40.2 Å². The Kier molecular flexibility index (Phi) is 3.94. The molecule has 0 radical (unpaired) electrons. The lowest BCUT2D eigenvalue weighted by atomic mass is 10.2. The number of benzene rings is 1. The molecule has 1 aliphatic rings. The molecule has 0 unspecified atom stereocenters. The van der Waals surface area contributed by atoms with Crippen LogP contribution in [0, 0.1) is 6.92 Å². The number of nitrogens with zero attached hydrogens (tertiary/aromatic N) is 1. The first kappa shape index (κ1) is 13.7. The van der Waals surface area contributed by atoms with E-state index in [0.29, 0.717) is 18.0 Å². The van der Waals surface area contributed by atoms with E-state index in [-0.39, 0.29) is 0 Å². The summed E-state index contributed by atoms with van der Waals surface area (Å²) in [7, 11) is -3.28. The predicted molar refractivity (Wildman–Crippen MR) is 75.4 cm³/mol. The number of anilines is 1. The van der Waals surface area contributed by atoms with Crippen molar-refractivity contribution in [2.24, 2.45) is 4.99 Å². The molecule has 1 aliphatic heterocycles. The van der Waals surface area contributed by atoms with Crippen molar-refractivity contribution in [3.05, 3.63) is 23.8 Å². The third kappa shape index (κ3) is 4.44. The van der Waals surface area contributed by atoms with Gasteiger partial charge in [-0.25, -0.2) is 8.42 Å². The highest BCUT2D eigenvalue weighted by Gasteiger charge is 2.08. The van der Waals surface area contributed by atoms with E-state index in [1.54, 1.807) is 12.1 Å². The van der Waals surface area contributed by atoms with Gasteiger partial charge in [0.05, 0.1) is 18.5 Å². The van der Waals surface area contributed by atoms with Gasteiger partial charge in [0, 0.05) is 12.6 Å². The minimum atomic E-state index is -3.28. The lowest BCUT2D eigenvalue weighted by Crippen LogP contribution is -2.24. The number of ether oxygens (including phenoxy) is 1. The number of aryl methyl sites for hydroxylation is 1. The number of hydrogen-bond acceptors (Lipinski definition) is 5. The van der Waals surface area contributed by atoms with Crippen LogP contribution in [0.4, 0.5) is 5.69 Å². The zero-order valence-electron chi connectivity index (χ0n) is 10.9. The third-order valence-corrected chi connectivity index (χ3v) is 3.08. The lowest BCUT2D eigenvalue weighted by Gasteiger charge is -2.10. The minimum Gasteiger partial charge on any atom is -0.486 e. The van der Waals surface area contributed by atoms with Gasteiger partial charge in [0.15, 0.2) is 0 Å². The Balaban J connectivity index is 2.07. The molecule has 2 rings (SSSR count). The molecule has 6 nitrogen and oxygen atoms in total. The Morgan fingerprint density at radius 1 is 1.42 bits per heavy atom. The van der Waals surface area contributed by atoms with Crippen molar-refractivity contribution in [2.45, 2.75) is 6.92 Å². The molecule has 7 heteroatoms. The number of nitrogens with one attached hydrogen (secondary N) is 2. The Morgan fingerprint density at radius 3 is 2.84 bits per heavy atom. The molecule has 0 fully saturated rings. The molecule has 0 spiro atoms. The van der Waals surface area contributed by atoms with Gasteiger partial charge in [0.25, 0.3) is 0 Å². The molecule has 0 saturated heterocycles. The summed E-state index contributed by atoms with van der Waals surface area (Å²) in [6.45, 7) is 3.86. The standard InChI is InChI=1S/C12H17N3O3S/c1-9-5-10(15-19(2,16)17)7-11(6-9)18-8-12-13-3-4-14-12/h5-7,15H,3-4,8H2,1-2H3,(H,13,14). The highest BCUT2D eigenvalue weighted by atomic mass is 32.2. The molecule has 1 aromatic carbocycles. The van der Waals surface area contributed by atoms with E-state index in [9.17, 15) is 8.42 Å². The van der Waals surface area contributed by atoms with Crippen molar-refractivity contribution in [3.63, 3.8) is 0 Å². The van der Waals surface area contributed by atoms with E-state index in [4.69, 9.17) is 4.74 Å². The van der Waals surface area contributed by atoms with Crippen molar-refractivity contribution in [3.8, 4) is 5.75 Å². The SMILES string of the molecule is Cc1cc(NS(C)(=O)=O)cc(OCC2=NCCN2)c1. The lowest BCUT2D eigenvalue weighted by molar-refractivity contribution is 0.373. The highest BCUT2D eigenvalue weighted by Crippen LogP contribution is 2.21. The van der Waals surface area contributed by atoms with E-state index in [1.807, 2.05) is 13.0 Å². The van der Waals surface area contributed by atoms with E-state index < -0.39 is 10.0 Å². The maximum Gasteiger partial charge on any atom is 0.229 e. The number of hydrogen-bond donors (Lipinski definition) is 2. The Labute approximate surface area is 112 Å². The normalized spacial score (nSPS) is 14.7. The summed E-state index contributed by atoms with van der Waals surface area (Å²) in [6, 6.07) is 5.26. The molecule has 0 bridgehead atoms. The van der Waals surface area contributed by atoms with Crippen LogP contribution in [0.2, 0.25) is 0 Å². The number of sulfonamides is 1. The van der Waals surface area contributed by atoms with Crippen LogP contribution in [0.1, 0.15) is 5.56 Å². The fraction of sp³-hybridized carbons (Fsp3) is 0.417. The van der Waals surface area contributed by atoms with Crippen molar-refractivity contribution in [1.29, 1.82) is 0 Å². The second-order valence-corrected chi connectivity index (χ2v) is 6.20. The number of rotatable bonds is 5. The maximum absolute atomic E-state index is 11.2. The van der Waals surface area contributed by atoms with Gasteiger partial charge in [0.1, 0.15) is 18.2 Å². The zero-order chi connectivity index (χ0) is 13.9. The molecule has 0 amide bonds. The Hall–Kier alpha value is -1.76. The molecule has 1 aromatic rings. The van der Waals surface area contributed by atoms with Crippen molar-refractivity contribution < 1.29 is 13.2 Å². The Morgan fingerprint density at radius 2 is 2.21 bits per heavy atom. The maximum atomic E-state index is 11.2. The van der Waals surface area contributed by atoms with E-state index >= 15 is 0 Å². The fourth-order valence-electron chi connectivity index (χ4n) is 1.80. The van der Waals surface area contributed by atoms with Gasteiger partial charge in [-0.2, -0.15) is 0 Å². The van der Waals surface area contributed by atoms with Gasteiger partial charge >= 0.3 is 0 Å². The van der Waals surface area contributed by atoms with Crippen molar-refractivity contribution >= 4 is 21.5 Å². The van der Waals surface area contributed by atoms with Crippen LogP contribution in [0.15, 0.2) is 23.2 Å². The summed E-state index contributed by atoms with van der Waals surface area (Å²) < 4.78 is 30.5. The number of amidine groups is 1. The smallest absolute Gasteiger partial charge is 0.229 e. The fourth-order valence-corrected chi connectivity index (χ4v) is 2.35. The van der Waals surface area contributed by atoms with Gasteiger partial charge in [-0.05, 0) is 24.6 Å². The molecule has 2 N–H and O–H groups in total. The first-order valence-electron chi connectivity index (χ1n) is 5.92. The van der Waals surface area contributed by atoms with Gasteiger partial charge in [0.2, 0.25) is 10.0 Å². The topological polar surface area (TPSA) is 79.8 Å². The van der Waals surface area contributed by atoms with Crippen LogP contribution in [-0.2, 0) is 10.0 Å². The minimum absolute atomic E-state index is 0.363. The second kappa shape index (κ2) is 5.48. The highest BCUT2D eigenvalue weighted by molar-refractivity contribution is 7.92. The molecule has 0 atom stereocenters. The summed E-state index contributed by atoms with van der Waals surface area (Å²) in [4.78, 5) is 4.22. The van der Waals surface area contributed by atoms with Gasteiger partial charge in [-0.1, -0.05) is 0 Å². The first-order chi connectivity index (χ1) is 8.92. The average Bonchev–Trinajstić information content (AvgIpc) is 2.75. The van der Waals surface area contributed by atoms with Crippen LogP contribution in [0.25, 0.3) is 0 Å². The molecule has 19 heavy (non-hydrogen) atoms. The van der Waals surface area contributed by atoms with Crippen molar-refractivity contribution in [2.75, 3.05) is 30.7 Å². The van der Waals surface area contributed by atoms with Crippen LogP contribution in [0.5, 0.6) is 5.75 Å². The van der Waals surface area contributed by atoms with Crippen LogP contribution >= 0.6 is 0 Å². The van der Waals surface area contributed by atoms with Crippen molar-refractivity contribution in [1.82, 2.24) is 5.32 Å². The summed E-state index contributed by atoms with van der Waals surface area (Å²) in [5.74, 6) is 1.43. The quantitative estimate of drug-likeness (QED) is 0.835. The molecule has 104 valence electrons. The van der Waals surface area contributed by atoms with E-state index in [2.05, 4.69) is 15.0 Å². The monoisotopic (exact) mass is 283 g/mol. The molecule has 0 aliphatic carbocycles. The van der Waals surface area contributed by atoms with Crippen LogP contribution in [0.3, 0.4) is 0 Å². The second-order valence-electron chi connectivity index (χ2n) is 4.45. The van der Waals surface area contributed by atoms with Gasteiger partial charge < -0.3 is 10.1 Å². The molecular weight excluding hydrogens is 266 g/mol. The largest absolute Gasteiger partial charge is 0.486 e. The molecule has 0 saturated carbocycles. The zero-order valence-corrected chi connectivity index (χ0v) is 11.8. The third-order valence-electron chi connectivity index (χ3n) is 2.47. The van der Waals surface area contributed by atoms with E-state index in [0.717, 1.165) is 30.7 Å². The number of aliphatic imine (C=N–C) groups is 1. The van der Waals surface area contributed by atoms with Gasteiger partial charge in [-0.15, -0.1) is 0 Å². The van der Waals surface area contributed by atoms with E-state index in [1.165, 1.54) is 0 Å². The molecular formula is C12H17N3O3S. The summed E-state index contributed by atoms with van der Waals surface area (Å²) in [6.07, 6.45) is 1.12. The summed E-state index contributed by atoms with van der Waals surface area (Å²) >= 11 is 0. The summed E-state index contributed by atoms with van der Waals surface area (Å²) in [5.41, 5.74) is 1.42.